The van der Waals surface area contributed by atoms with Crippen molar-refractivity contribution in [2.24, 2.45) is 0 Å². The lowest BCUT2D eigenvalue weighted by Gasteiger charge is -1.95. The highest BCUT2D eigenvalue weighted by atomic mass is 16.5. The van der Waals surface area contributed by atoms with Crippen molar-refractivity contribution >= 4 is 5.78 Å². The van der Waals surface area contributed by atoms with Crippen molar-refractivity contribution in [1.82, 2.24) is 5.16 Å². The molecular formula is C6H7NO3. The Hall–Kier alpha value is -1.32. The minimum Gasteiger partial charge on any atom is -0.481 e. The fraction of sp³-hybridized carbons (Fsp3) is 0.333. The molecule has 0 saturated carbocycles. The molecule has 54 valence electrons. The number of carbonyl (C=O) groups is 1. The number of ether oxygens (including phenoxy) is 1. The number of hydrogen-bond acceptors (Lipinski definition) is 4. The molecule has 0 amide bonds. The number of hydrogen-bond donors (Lipinski definition) is 0. The van der Waals surface area contributed by atoms with E-state index in [2.05, 4.69) is 9.68 Å². The maximum Gasteiger partial charge on any atom is 0.179 e. The topological polar surface area (TPSA) is 52.3 Å². The van der Waals surface area contributed by atoms with Gasteiger partial charge in [-0.15, -0.1) is 0 Å². The third-order valence-corrected chi connectivity index (χ3v) is 0.852. The minimum absolute atomic E-state index is 0.0267. The number of nitrogens with zero attached hydrogens (tertiary/aromatic N) is 1. The van der Waals surface area contributed by atoms with E-state index in [1.54, 1.807) is 0 Å². The average Bonchev–Trinajstić information content (AvgIpc) is 2.34. The maximum absolute atomic E-state index is 10.4. The molecule has 0 unspecified atom stereocenters. The van der Waals surface area contributed by atoms with Crippen LogP contribution >= 0.6 is 0 Å². The van der Waals surface area contributed by atoms with E-state index in [-0.39, 0.29) is 12.4 Å². The third kappa shape index (κ3) is 1.89. The lowest BCUT2D eigenvalue weighted by Crippen LogP contribution is -2.05. The molecule has 4 heteroatoms. The van der Waals surface area contributed by atoms with Crippen LogP contribution in [0.4, 0.5) is 0 Å². The number of Topliss-reactive ketones (excluding diaryl/α,β-unsaturated/α-hetero) is 1. The van der Waals surface area contributed by atoms with Crippen LogP contribution in [0.25, 0.3) is 0 Å². The third-order valence-electron chi connectivity index (χ3n) is 0.852. The molecule has 1 aromatic heterocycles. The molecule has 10 heavy (non-hydrogen) atoms. The molecule has 0 atom stereocenters. The van der Waals surface area contributed by atoms with Gasteiger partial charge in [-0.1, -0.05) is 5.16 Å². The monoisotopic (exact) mass is 141 g/mol. The number of aromatic nitrogens is 1. The van der Waals surface area contributed by atoms with Crippen molar-refractivity contribution in [3.63, 3.8) is 0 Å². The lowest BCUT2D eigenvalue weighted by molar-refractivity contribution is -0.118. The summed E-state index contributed by atoms with van der Waals surface area (Å²) in [4.78, 5) is 10.4. The summed E-state index contributed by atoms with van der Waals surface area (Å²) in [5.74, 6) is 0.455. The zero-order chi connectivity index (χ0) is 7.40. The van der Waals surface area contributed by atoms with Gasteiger partial charge in [0.2, 0.25) is 0 Å². The molecule has 0 fully saturated rings. The van der Waals surface area contributed by atoms with Gasteiger partial charge in [-0.05, 0) is 6.92 Å². The molecule has 0 spiro atoms. The second-order valence-corrected chi connectivity index (χ2v) is 1.85. The second kappa shape index (κ2) is 3.00. The van der Waals surface area contributed by atoms with E-state index in [0.717, 1.165) is 0 Å². The van der Waals surface area contributed by atoms with E-state index < -0.39 is 0 Å². The first kappa shape index (κ1) is 6.80. The number of carbonyl (C=O) groups excluding carboxylic acids is 1. The number of rotatable bonds is 3. The summed E-state index contributed by atoms with van der Waals surface area (Å²) >= 11 is 0. The molecule has 1 heterocycles. The van der Waals surface area contributed by atoms with Gasteiger partial charge in [-0.2, -0.15) is 0 Å². The van der Waals surface area contributed by atoms with Crippen molar-refractivity contribution in [2.45, 2.75) is 6.92 Å². The van der Waals surface area contributed by atoms with Crippen molar-refractivity contribution in [1.29, 1.82) is 0 Å². The Labute approximate surface area is 57.8 Å². The second-order valence-electron chi connectivity index (χ2n) is 1.85. The predicted octanol–water partition coefficient (Wildman–Crippen LogP) is 0.642. The molecule has 0 N–H and O–H groups in total. The standard InChI is InChI=1S/C6H7NO3/c1-5(8)3-9-6-2-7-10-4-6/h2,4H,3H2,1H3. The average molecular weight is 141 g/mol. The van der Waals surface area contributed by atoms with Crippen LogP contribution in [0.2, 0.25) is 0 Å². The Kier molecular flexibility index (Phi) is 2.04. The van der Waals surface area contributed by atoms with Crippen molar-refractivity contribution in [3.05, 3.63) is 12.5 Å². The van der Waals surface area contributed by atoms with Gasteiger partial charge in [-0.25, -0.2) is 0 Å². The van der Waals surface area contributed by atoms with Gasteiger partial charge in [0.25, 0.3) is 0 Å². The van der Waals surface area contributed by atoms with Crippen LogP contribution in [0.15, 0.2) is 17.0 Å². The fourth-order valence-electron chi connectivity index (χ4n) is 0.451. The van der Waals surface area contributed by atoms with Gasteiger partial charge in [0.15, 0.2) is 17.8 Å². The van der Waals surface area contributed by atoms with Gasteiger partial charge in [0.1, 0.15) is 12.8 Å². The Morgan fingerprint density at radius 3 is 3.20 bits per heavy atom. The summed E-state index contributed by atoms with van der Waals surface area (Å²) in [5, 5.41) is 3.39. The van der Waals surface area contributed by atoms with Crippen LogP contribution in [0, 0.1) is 0 Å². The van der Waals surface area contributed by atoms with E-state index in [9.17, 15) is 4.79 Å². The molecule has 0 aliphatic rings. The van der Waals surface area contributed by atoms with Crippen LogP contribution in [0.3, 0.4) is 0 Å². The Morgan fingerprint density at radius 1 is 1.90 bits per heavy atom. The lowest BCUT2D eigenvalue weighted by atomic mass is 10.5. The quantitative estimate of drug-likeness (QED) is 0.619. The predicted molar refractivity (Wildman–Crippen MR) is 32.7 cm³/mol. The highest BCUT2D eigenvalue weighted by molar-refractivity contribution is 5.77. The summed E-state index contributed by atoms with van der Waals surface area (Å²) in [7, 11) is 0. The van der Waals surface area contributed by atoms with Crippen LogP contribution in [-0.4, -0.2) is 17.5 Å². The normalized spacial score (nSPS) is 9.30. The summed E-state index contributed by atoms with van der Waals surface area (Å²) in [6.45, 7) is 1.52. The Bertz CT molecular complexity index is 205. The van der Waals surface area contributed by atoms with E-state index in [1.165, 1.54) is 19.4 Å². The molecule has 0 aromatic carbocycles. The highest BCUT2D eigenvalue weighted by Gasteiger charge is 1.96. The maximum atomic E-state index is 10.4. The van der Waals surface area contributed by atoms with E-state index in [1.807, 2.05) is 0 Å². The molecule has 1 aromatic rings. The Balaban J connectivity index is 2.35. The molecular weight excluding hydrogens is 134 g/mol. The van der Waals surface area contributed by atoms with Gasteiger partial charge >= 0.3 is 0 Å². The van der Waals surface area contributed by atoms with Crippen LogP contribution in [0.1, 0.15) is 6.92 Å². The van der Waals surface area contributed by atoms with Crippen molar-refractivity contribution < 1.29 is 14.1 Å². The molecule has 4 nitrogen and oxygen atoms in total. The van der Waals surface area contributed by atoms with E-state index >= 15 is 0 Å². The molecule has 0 radical (unpaired) electrons. The van der Waals surface area contributed by atoms with Gasteiger partial charge in [-0.3, -0.25) is 4.79 Å². The largest absolute Gasteiger partial charge is 0.481 e. The molecule has 1 rings (SSSR count). The first-order valence-corrected chi connectivity index (χ1v) is 2.80. The summed E-state index contributed by atoms with van der Waals surface area (Å²) in [6.07, 6.45) is 2.74. The van der Waals surface area contributed by atoms with Crippen LogP contribution < -0.4 is 4.74 Å². The van der Waals surface area contributed by atoms with Gasteiger partial charge in [0, 0.05) is 0 Å². The fourth-order valence-corrected chi connectivity index (χ4v) is 0.451. The zero-order valence-corrected chi connectivity index (χ0v) is 5.53. The smallest absolute Gasteiger partial charge is 0.179 e. The minimum atomic E-state index is -0.0267. The zero-order valence-electron chi connectivity index (χ0n) is 5.53. The summed E-state index contributed by atoms with van der Waals surface area (Å²) in [5.41, 5.74) is 0. The van der Waals surface area contributed by atoms with Crippen molar-refractivity contribution in [3.8, 4) is 5.75 Å². The van der Waals surface area contributed by atoms with E-state index in [4.69, 9.17) is 4.74 Å². The number of ketones is 1. The summed E-state index contributed by atoms with van der Waals surface area (Å²) < 4.78 is 9.36. The highest BCUT2D eigenvalue weighted by Crippen LogP contribution is 2.05. The first-order valence-electron chi connectivity index (χ1n) is 2.80. The van der Waals surface area contributed by atoms with Gasteiger partial charge < -0.3 is 9.26 Å². The SMILES string of the molecule is CC(=O)COc1cnoc1. The van der Waals surface area contributed by atoms with Crippen LogP contribution in [0.5, 0.6) is 5.75 Å². The summed E-state index contributed by atoms with van der Waals surface area (Å²) in [6, 6.07) is 0. The molecule has 0 saturated heterocycles. The van der Waals surface area contributed by atoms with Crippen LogP contribution in [-0.2, 0) is 4.79 Å². The van der Waals surface area contributed by atoms with E-state index in [0.29, 0.717) is 5.75 Å². The molecule has 0 aliphatic heterocycles. The molecule has 0 bridgehead atoms. The first-order chi connectivity index (χ1) is 4.79. The van der Waals surface area contributed by atoms with Crippen molar-refractivity contribution in [2.75, 3.05) is 6.61 Å². The van der Waals surface area contributed by atoms with Gasteiger partial charge in [0.05, 0.1) is 0 Å². The molecule has 0 aliphatic carbocycles. The Morgan fingerprint density at radius 2 is 2.70 bits per heavy atom.